The third-order valence-corrected chi connectivity index (χ3v) is 4.53. The van der Waals surface area contributed by atoms with Gasteiger partial charge in [-0.05, 0) is 17.7 Å². The molecule has 0 aromatic heterocycles. The minimum absolute atomic E-state index is 0.0358. The molecule has 5 nitrogen and oxygen atoms in total. The second-order valence-electron chi connectivity index (χ2n) is 4.01. The summed E-state index contributed by atoms with van der Waals surface area (Å²) in [6, 6.07) is 2.81. The van der Waals surface area contributed by atoms with Crippen molar-refractivity contribution in [1.29, 1.82) is 0 Å². The molecule has 0 spiro atoms. The summed E-state index contributed by atoms with van der Waals surface area (Å²) in [7, 11) is -3.79. The monoisotopic (exact) mass is 320 g/mol. The largest absolute Gasteiger partial charge is 0.325 e. The molecule has 0 atom stereocenters. The van der Waals surface area contributed by atoms with Gasteiger partial charge in [-0.25, -0.2) is 13.1 Å². The predicted molar refractivity (Wildman–Crippen MR) is 74.0 cm³/mol. The highest BCUT2D eigenvalue weighted by Gasteiger charge is 2.24. The Kier molecular flexibility index (Phi) is 3.87. The molecule has 1 aromatic rings. The molecular formula is C11H10Cl2N2O3S. The zero-order valence-electron chi connectivity index (χ0n) is 9.66. The first-order valence-electron chi connectivity index (χ1n) is 5.25. The number of anilines is 1. The third kappa shape index (κ3) is 3.09. The van der Waals surface area contributed by atoms with Gasteiger partial charge in [-0.15, -0.1) is 0 Å². The van der Waals surface area contributed by atoms with Gasteiger partial charge < -0.3 is 5.32 Å². The molecule has 2 rings (SSSR count). The Hall–Kier alpha value is -1.08. The molecule has 1 aliphatic heterocycles. The van der Waals surface area contributed by atoms with E-state index in [1.807, 2.05) is 0 Å². The van der Waals surface area contributed by atoms with Crippen LogP contribution in [0.4, 0.5) is 5.69 Å². The minimum Gasteiger partial charge on any atom is -0.325 e. The van der Waals surface area contributed by atoms with Crippen LogP contribution < -0.4 is 10.0 Å². The lowest BCUT2D eigenvalue weighted by atomic mass is 10.2. The molecule has 1 aliphatic rings. The van der Waals surface area contributed by atoms with Crippen molar-refractivity contribution in [1.82, 2.24) is 4.72 Å². The molecule has 0 saturated heterocycles. The molecule has 0 aliphatic carbocycles. The van der Waals surface area contributed by atoms with Crippen molar-refractivity contribution < 1.29 is 13.2 Å². The van der Waals surface area contributed by atoms with Crippen LogP contribution in [0.3, 0.4) is 0 Å². The average Bonchev–Trinajstić information content (AvgIpc) is 2.64. The van der Waals surface area contributed by atoms with Crippen molar-refractivity contribution in [3.8, 4) is 0 Å². The highest BCUT2D eigenvalue weighted by molar-refractivity contribution is 7.89. The molecule has 1 heterocycles. The maximum atomic E-state index is 12.0. The van der Waals surface area contributed by atoms with Crippen LogP contribution in [-0.4, -0.2) is 20.9 Å². The van der Waals surface area contributed by atoms with Crippen LogP contribution in [0.25, 0.3) is 0 Å². The Bertz CT molecular complexity index is 671. The van der Waals surface area contributed by atoms with Crippen LogP contribution in [0.2, 0.25) is 5.02 Å². The summed E-state index contributed by atoms with van der Waals surface area (Å²) < 4.78 is 26.3. The maximum absolute atomic E-state index is 12.0. The molecule has 0 unspecified atom stereocenters. The molecule has 2 N–H and O–H groups in total. The number of carbonyl (C=O) groups excluding carboxylic acids is 1. The third-order valence-electron chi connectivity index (χ3n) is 2.53. The summed E-state index contributed by atoms with van der Waals surface area (Å²) in [5.74, 6) is -0.192. The summed E-state index contributed by atoms with van der Waals surface area (Å²) in [5, 5.41) is 2.79. The number of benzene rings is 1. The van der Waals surface area contributed by atoms with E-state index in [1.54, 1.807) is 0 Å². The van der Waals surface area contributed by atoms with Crippen molar-refractivity contribution in [2.45, 2.75) is 11.3 Å². The predicted octanol–water partition coefficient (Wildman–Crippen LogP) is 1.87. The van der Waals surface area contributed by atoms with Gasteiger partial charge in [0.15, 0.2) is 0 Å². The van der Waals surface area contributed by atoms with E-state index in [9.17, 15) is 13.2 Å². The van der Waals surface area contributed by atoms with E-state index in [0.717, 1.165) is 0 Å². The average molecular weight is 321 g/mol. The maximum Gasteiger partial charge on any atom is 0.242 e. The first kappa shape index (κ1) is 14.3. The van der Waals surface area contributed by atoms with Gasteiger partial charge in [0, 0.05) is 17.3 Å². The lowest BCUT2D eigenvalue weighted by Gasteiger charge is -2.09. The SMILES string of the molecule is C=C(Cl)CNS(=O)(=O)c1cc2c(cc1Cl)NC(=O)C2. The number of sulfonamides is 1. The van der Waals surface area contributed by atoms with E-state index >= 15 is 0 Å². The first-order valence-corrected chi connectivity index (χ1v) is 7.49. The Morgan fingerprint density at radius 1 is 1.47 bits per heavy atom. The highest BCUT2D eigenvalue weighted by atomic mass is 35.5. The normalized spacial score (nSPS) is 14.1. The van der Waals surface area contributed by atoms with Crippen molar-refractivity contribution in [2.75, 3.05) is 11.9 Å². The number of halogens is 2. The molecule has 8 heteroatoms. The number of amides is 1. The zero-order valence-corrected chi connectivity index (χ0v) is 12.0. The topological polar surface area (TPSA) is 75.3 Å². The number of rotatable bonds is 4. The number of nitrogens with one attached hydrogen (secondary N) is 2. The van der Waals surface area contributed by atoms with Gasteiger partial charge in [0.25, 0.3) is 0 Å². The minimum atomic E-state index is -3.79. The second-order valence-corrected chi connectivity index (χ2v) is 6.68. The Labute approximate surface area is 120 Å². The fourth-order valence-corrected chi connectivity index (χ4v) is 3.43. The summed E-state index contributed by atoms with van der Waals surface area (Å²) in [5.41, 5.74) is 1.13. The summed E-state index contributed by atoms with van der Waals surface area (Å²) >= 11 is 11.4. The molecule has 0 saturated carbocycles. The molecule has 0 bridgehead atoms. The van der Waals surface area contributed by atoms with Crippen LogP contribution >= 0.6 is 23.2 Å². The van der Waals surface area contributed by atoms with Gasteiger partial charge in [0.05, 0.1) is 11.4 Å². The molecule has 1 amide bonds. The molecule has 102 valence electrons. The fraction of sp³-hybridized carbons (Fsp3) is 0.182. The number of hydrogen-bond acceptors (Lipinski definition) is 3. The highest BCUT2D eigenvalue weighted by Crippen LogP contribution is 2.32. The summed E-state index contributed by atoms with van der Waals surface area (Å²) in [6.07, 6.45) is 0.136. The van der Waals surface area contributed by atoms with E-state index in [-0.39, 0.29) is 33.8 Å². The van der Waals surface area contributed by atoms with Gasteiger partial charge in [-0.2, -0.15) is 0 Å². The number of hydrogen-bond donors (Lipinski definition) is 2. The fourth-order valence-electron chi connectivity index (χ4n) is 1.68. The van der Waals surface area contributed by atoms with Crippen molar-refractivity contribution in [3.05, 3.63) is 34.3 Å². The van der Waals surface area contributed by atoms with Crippen LogP contribution in [0.15, 0.2) is 28.6 Å². The molecule has 0 fully saturated rings. The number of fused-ring (bicyclic) bond motifs is 1. The lowest BCUT2D eigenvalue weighted by Crippen LogP contribution is -2.25. The molecular weight excluding hydrogens is 311 g/mol. The smallest absolute Gasteiger partial charge is 0.242 e. The Morgan fingerprint density at radius 3 is 2.79 bits per heavy atom. The number of carbonyl (C=O) groups is 1. The first-order chi connectivity index (χ1) is 8.79. The summed E-state index contributed by atoms with van der Waals surface area (Å²) in [6.45, 7) is 3.30. The lowest BCUT2D eigenvalue weighted by molar-refractivity contribution is -0.115. The van der Waals surface area contributed by atoms with E-state index in [4.69, 9.17) is 23.2 Å². The van der Waals surface area contributed by atoms with Crippen LogP contribution in [0.5, 0.6) is 0 Å². The van der Waals surface area contributed by atoms with E-state index in [1.165, 1.54) is 12.1 Å². The van der Waals surface area contributed by atoms with Crippen molar-refractivity contribution in [3.63, 3.8) is 0 Å². The Morgan fingerprint density at radius 2 is 2.16 bits per heavy atom. The van der Waals surface area contributed by atoms with Gasteiger partial charge in [-0.1, -0.05) is 29.8 Å². The summed E-state index contributed by atoms with van der Waals surface area (Å²) in [4.78, 5) is 11.2. The van der Waals surface area contributed by atoms with Gasteiger partial charge >= 0.3 is 0 Å². The van der Waals surface area contributed by atoms with Crippen LogP contribution in [-0.2, 0) is 21.2 Å². The standard InChI is InChI=1S/C11H10Cl2N2O3S/c1-6(12)5-14-19(17,18)10-2-7-3-11(16)15-9(7)4-8(10)13/h2,4,14H,1,3,5H2,(H,15,16). The van der Waals surface area contributed by atoms with E-state index < -0.39 is 10.0 Å². The van der Waals surface area contributed by atoms with Crippen LogP contribution in [0.1, 0.15) is 5.56 Å². The molecule has 19 heavy (non-hydrogen) atoms. The molecule has 1 aromatic carbocycles. The van der Waals surface area contributed by atoms with E-state index in [2.05, 4.69) is 16.6 Å². The second kappa shape index (κ2) is 5.13. The van der Waals surface area contributed by atoms with Gasteiger partial charge in [0.2, 0.25) is 15.9 Å². The van der Waals surface area contributed by atoms with Crippen LogP contribution in [0, 0.1) is 0 Å². The quantitative estimate of drug-likeness (QED) is 0.889. The van der Waals surface area contributed by atoms with Crippen molar-refractivity contribution in [2.24, 2.45) is 0 Å². The van der Waals surface area contributed by atoms with Gasteiger partial charge in [-0.3, -0.25) is 4.79 Å². The van der Waals surface area contributed by atoms with E-state index in [0.29, 0.717) is 11.3 Å². The molecule has 0 radical (unpaired) electrons. The van der Waals surface area contributed by atoms with Gasteiger partial charge in [0.1, 0.15) is 4.90 Å². The zero-order chi connectivity index (χ0) is 14.2. The van der Waals surface area contributed by atoms with Crippen molar-refractivity contribution >= 4 is 44.8 Å². The Balaban J connectivity index is 2.38.